The van der Waals surface area contributed by atoms with Crippen molar-refractivity contribution in [3.05, 3.63) is 95.9 Å². The first-order chi connectivity index (χ1) is 16.0. The molecule has 0 aliphatic rings. The number of methoxy groups -OCH3 is 1. The van der Waals surface area contributed by atoms with Gasteiger partial charge < -0.3 is 24.1 Å². The first-order valence-electron chi connectivity index (χ1n) is 10.8. The summed E-state index contributed by atoms with van der Waals surface area (Å²) in [6.45, 7) is 0.694. The second kappa shape index (κ2) is 10.2. The summed E-state index contributed by atoms with van der Waals surface area (Å²) in [6.07, 6.45) is 0. The van der Waals surface area contributed by atoms with Crippen LogP contribution in [0, 0.1) is 0 Å². The fourth-order valence-electron chi connectivity index (χ4n) is 3.69. The molecule has 4 rings (SSSR count). The van der Waals surface area contributed by atoms with Gasteiger partial charge in [0.1, 0.15) is 23.9 Å². The van der Waals surface area contributed by atoms with E-state index >= 15 is 0 Å². The molecule has 0 fully saturated rings. The van der Waals surface area contributed by atoms with Crippen molar-refractivity contribution in [2.45, 2.75) is 12.6 Å². The Balaban J connectivity index is 1.34. The molecule has 1 heterocycles. The van der Waals surface area contributed by atoms with Crippen molar-refractivity contribution in [1.29, 1.82) is 0 Å². The van der Waals surface area contributed by atoms with Crippen molar-refractivity contribution < 1.29 is 18.7 Å². The van der Waals surface area contributed by atoms with Crippen LogP contribution in [-0.2, 0) is 6.61 Å². The number of hydrogen-bond donors (Lipinski definition) is 1. The molecule has 1 unspecified atom stereocenters. The Morgan fingerprint density at radius 2 is 1.67 bits per heavy atom. The Morgan fingerprint density at radius 3 is 2.39 bits per heavy atom. The highest BCUT2D eigenvalue weighted by molar-refractivity contribution is 5.91. The third-order valence-electron chi connectivity index (χ3n) is 5.57. The van der Waals surface area contributed by atoms with Gasteiger partial charge in [-0.1, -0.05) is 42.5 Å². The number of hydrogen-bond acceptors (Lipinski definition) is 5. The van der Waals surface area contributed by atoms with E-state index in [0.717, 1.165) is 27.8 Å². The summed E-state index contributed by atoms with van der Waals surface area (Å²) < 4.78 is 16.8. The topological polar surface area (TPSA) is 63.9 Å². The van der Waals surface area contributed by atoms with Crippen LogP contribution < -0.4 is 14.8 Å². The van der Waals surface area contributed by atoms with Gasteiger partial charge in [0, 0.05) is 6.54 Å². The monoisotopic (exact) mass is 444 g/mol. The predicted molar refractivity (Wildman–Crippen MR) is 129 cm³/mol. The minimum absolute atomic E-state index is 0.0190. The van der Waals surface area contributed by atoms with Gasteiger partial charge in [-0.3, -0.25) is 4.79 Å². The summed E-state index contributed by atoms with van der Waals surface area (Å²) in [7, 11) is 5.61. The lowest BCUT2D eigenvalue weighted by atomic mass is 10.1. The highest BCUT2D eigenvalue weighted by Crippen LogP contribution is 2.23. The zero-order chi connectivity index (χ0) is 23.2. The summed E-state index contributed by atoms with van der Waals surface area (Å²) >= 11 is 0. The minimum atomic E-state index is -0.257. The van der Waals surface area contributed by atoms with Crippen LogP contribution in [0.4, 0.5) is 0 Å². The van der Waals surface area contributed by atoms with Gasteiger partial charge in [-0.15, -0.1) is 0 Å². The first-order valence-corrected chi connectivity index (χ1v) is 10.8. The van der Waals surface area contributed by atoms with Crippen LogP contribution in [0.2, 0.25) is 0 Å². The largest absolute Gasteiger partial charge is 0.497 e. The molecular formula is C27H28N2O4. The standard InChI is InChI=1S/C27H28N2O4/c1-29(2)25(20-9-11-22(31-3)12-10-20)17-28-27(30)26-15-14-24(33-26)18-32-23-13-8-19-6-4-5-7-21(19)16-23/h4-16,25H,17-18H2,1-3H3,(H,28,30). The number of amides is 1. The summed E-state index contributed by atoms with van der Waals surface area (Å²) in [5, 5.41) is 5.24. The molecule has 0 saturated carbocycles. The van der Waals surface area contributed by atoms with Crippen LogP contribution in [0.5, 0.6) is 11.5 Å². The second-order valence-corrected chi connectivity index (χ2v) is 8.03. The maximum absolute atomic E-state index is 12.7. The van der Waals surface area contributed by atoms with Crippen molar-refractivity contribution in [2.24, 2.45) is 0 Å². The molecule has 6 nitrogen and oxygen atoms in total. The van der Waals surface area contributed by atoms with E-state index in [9.17, 15) is 4.79 Å². The third-order valence-corrected chi connectivity index (χ3v) is 5.57. The van der Waals surface area contributed by atoms with Crippen LogP contribution in [0.1, 0.15) is 27.9 Å². The molecule has 1 aromatic heterocycles. The van der Waals surface area contributed by atoms with Gasteiger partial charge in [0.25, 0.3) is 5.91 Å². The molecule has 0 radical (unpaired) electrons. The van der Waals surface area contributed by atoms with Gasteiger partial charge >= 0.3 is 0 Å². The quantitative estimate of drug-likeness (QED) is 0.391. The molecule has 1 amide bonds. The number of nitrogens with one attached hydrogen (secondary N) is 1. The Morgan fingerprint density at radius 1 is 0.939 bits per heavy atom. The molecule has 4 aromatic rings. The zero-order valence-corrected chi connectivity index (χ0v) is 19.1. The number of nitrogens with zero attached hydrogens (tertiary/aromatic N) is 1. The van der Waals surface area contributed by atoms with Gasteiger partial charge in [0.2, 0.25) is 0 Å². The average Bonchev–Trinajstić information content (AvgIpc) is 3.32. The van der Waals surface area contributed by atoms with Crippen LogP contribution in [0.3, 0.4) is 0 Å². The number of furan rings is 1. The SMILES string of the molecule is COc1ccc(C(CNC(=O)c2ccc(COc3ccc4ccccc4c3)o2)N(C)C)cc1. The Labute approximate surface area is 193 Å². The molecular weight excluding hydrogens is 416 g/mol. The van der Waals surface area contributed by atoms with E-state index in [4.69, 9.17) is 13.9 Å². The van der Waals surface area contributed by atoms with Crippen LogP contribution in [-0.4, -0.2) is 38.6 Å². The van der Waals surface area contributed by atoms with E-state index in [1.165, 1.54) is 0 Å². The summed E-state index contributed by atoms with van der Waals surface area (Å²) in [5.74, 6) is 2.15. The second-order valence-electron chi connectivity index (χ2n) is 8.03. The molecule has 33 heavy (non-hydrogen) atoms. The number of carbonyl (C=O) groups excluding carboxylic acids is 1. The Hall–Kier alpha value is -3.77. The molecule has 0 bridgehead atoms. The van der Waals surface area contributed by atoms with Crippen LogP contribution >= 0.6 is 0 Å². The van der Waals surface area contributed by atoms with E-state index < -0.39 is 0 Å². The van der Waals surface area contributed by atoms with Crippen molar-refractivity contribution in [2.75, 3.05) is 27.7 Å². The van der Waals surface area contributed by atoms with Crippen molar-refractivity contribution in [3.63, 3.8) is 0 Å². The minimum Gasteiger partial charge on any atom is -0.497 e. The number of carbonyl (C=O) groups is 1. The molecule has 0 spiro atoms. The Bertz CT molecular complexity index is 1210. The smallest absolute Gasteiger partial charge is 0.287 e. The number of likely N-dealkylation sites (N-methyl/N-ethyl adjacent to an activating group) is 1. The van der Waals surface area contributed by atoms with Crippen molar-refractivity contribution >= 4 is 16.7 Å². The molecule has 1 atom stereocenters. The zero-order valence-electron chi connectivity index (χ0n) is 19.1. The highest BCUT2D eigenvalue weighted by Gasteiger charge is 2.18. The van der Waals surface area contributed by atoms with Crippen LogP contribution in [0.25, 0.3) is 10.8 Å². The molecule has 0 aliphatic heterocycles. The Kier molecular flexibility index (Phi) is 6.95. The van der Waals surface area contributed by atoms with Crippen LogP contribution in [0.15, 0.2) is 83.3 Å². The van der Waals surface area contributed by atoms with Gasteiger partial charge in [-0.25, -0.2) is 0 Å². The molecule has 3 aromatic carbocycles. The predicted octanol–water partition coefficient (Wildman–Crippen LogP) is 5.05. The van der Waals surface area contributed by atoms with E-state index in [0.29, 0.717) is 12.3 Å². The number of benzene rings is 3. The summed E-state index contributed by atoms with van der Waals surface area (Å²) in [6, 6.07) is 25.4. The fraction of sp³-hybridized carbons (Fsp3) is 0.222. The maximum atomic E-state index is 12.7. The molecule has 1 N–H and O–H groups in total. The van der Waals surface area contributed by atoms with Crippen molar-refractivity contribution in [3.8, 4) is 11.5 Å². The maximum Gasteiger partial charge on any atom is 0.287 e. The lowest BCUT2D eigenvalue weighted by Crippen LogP contribution is -2.34. The van der Waals surface area contributed by atoms with E-state index in [-0.39, 0.29) is 24.3 Å². The van der Waals surface area contributed by atoms with Gasteiger partial charge in [-0.2, -0.15) is 0 Å². The molecule has 170 valence electrons. The van der Waals surface area contributed by atoms with E-state index in [1.54, 1.807) is 19.2 Å². The number of ether oxygens (including phenoxy) is 2. The third kappa shape index (κ3) is 5.54. The first kappa shape index (κ1) is 22.4. The summed E-state index contributed by atoms with van der Waals surface area (Å²) in [5.41, 5.74) is 1.09. The van der Waals surface area contributed by atoms with E-state index in [1.807, 2.05) is 74.8 Å². The van der Waals surface area contributed by atoms with Crippen molar-refractivity contribution in [1.82, 2.24) is 10.2 Å². The molecule has 0 aliphatic carbocycles. The van der Waals surface area contributed by atoms with Gasteiger partial charge in [0.15, 0.2) is 5.76 Å². The fourth-order valence-corrected chi connectivity index (χ4v) is 3.69. The number of rotatable bonds is 9. The van der Waals surface area contributed by atoms with E-state index in [2.05, 4.69) is 16.3 Å². The normalized spacial score (nSPS) is 12.0. The molecule has 0 saturated heterocycles. The lowest BCUT2D eigenvalue weighted by Gasteiger charge is -2.25. The number of fused-ring (bicyclic) bond motifs is 1. The highest BCUT2D eigenvalue weighted by atomic mass is 16.5. The lowest BCUT2D eigenvalue weighted by molar-refractivity contribution is 0.0910. The van der Waals surface area contributed by atoms with Gasteiger partial charge in [0.05, 0.1) is 13.2 Å². The average molecular weight is 445 g/mol. The van der Waals surface area contributed by atoms with Gasteiger partial charge in [-0.05, 0) is 66.8 Å². The summed E-state index contributed by atoms with van der Waals surface area (Å²) in [4.78, 5) is 14.7. The molecule has 6 heteroatoms.